The molecule has 0 aliphatic heterocycles. The van der Waals surface area contributed by atoms with Gasteiger partial charge in [-0.1, -0.05) is 60.1 Å². The van der Waals surface area contributed by atoms with Crippen LogP contribution in [0.1, 0.15) is 16.1 Å². The molecule has 3 aromatic rings. The van der Waals surface area contributed by atoms with E-state index in [1.54, 1.807) is 18.3 Å². The first-order valence-corrected chi connectivity index (χ1v) is 7.30. The molecule has 0 saturated heterocycles. The second-order valence-electron chi connectivity index (χ2n) is 4.76. The number of nitrogens with one attached hydrogen (secondary N) is 2. The van der Waals surface area contributed by atoms with Crippen molar-refractivity contribution in [1.82, 2.24) is 15.6 Å². The summed E-state index contributed by atoms with van der Waals surface area (Å²) in [4.78, 5) is 12.0. The minimum absolute atomic E-state index is 0.310. The molecule has 0 atom stereocenters. The van der Waals surface area contributed by atoms with Gasteiger partial charge in [0.25, 0.3) is 5.91 Å². The Morgan fingerprint density at radius 2 is 1.87 bits per heavy atom. The fraction of sp³-hybridized carbons (Fsp3) is 0. The van der Waals surface area contributed by atoms with Crippen LogP contribution >= 0.6 is 11.6 Å². The summed E-state index contributed by atoms with van der Waals surface area (Å²) >= 11 is 6.12. The maximum atomic E-state index is 12.0. The van der Waals surface area contributed by atoms with Gasteiger partial charge in [0.1, 0.15) is 5.69 Å². The Morgan fingerprint density at radius 3 is 2.65 bits per heavy atom. The maximum absolute atomic E-state index is 12.0. The monoisotopic (exact) mass is 324 g/mol. The van der Waals surface area contributed by atoms with Crippen LogP contribution in [0.15, 0.2) is 65.8 Å². The molecule has 6 heteroatoms. The standard InChI is InChI=1S/C17H13ClN4O/c18-14-9-5-4-8-13(14)15-10-16(21-20-15)17(23)22-19-11-12-6-2-1-3-7-12/h1-11H,(H,20,21)(H,22,23)/b19-11-. The lowest BCUT2D eigenvalue weighted by Gasteiger charge is -1.98. The molecule has 1 heterocycles. The number of benzene rings is 2. The van der Waals surface area contributed by atoms with Crippen molar-refractivity contribution < 1.29 is 4.79 Å². The van der Waals surface area contributed by atoms with E-state index in [4.69, 9.17) is 11.6 Å². The molecule has 0 saturated carbocycles. The van der Waals surface area contributed by atoms with Gasteiger partial charge in [-0.15, -0.1) is 0 Å². The molecule has 2 aromatic carbocycles. The first kappa shape index (κ1) is 15.0. The third-order valence-electron chi connectivity index (χ3n) is 3.15. The number of carbonyl (C=O) groups excluding carboxylic acids is 1. The van der Waals surface area contributed by atoms with E-state index in [0.717, 1.165) is 11.1 Å². The number of amides is 1. The summed E-state index contributed by atoms with van der Waals surface area (Å²) in [6.45, 7) is 0. The SMILES string of the molecule is O=C(N/N=C\c1ccccc1)c1cc(-c2ccccc2Cl)n[nH]1. The molecule has 3 rings (SSSR count). The maximum Gasteiger partial charge on any atom is 0.289 e. The van der Waals surface area contributed by atoms with E-state index >= 15 is 0 Å². The molecule has 0 bridgehead atoms. The average molecular weight is 325 g/mol. The van der Waals surface area contributed by atoms with Gasteiger partial charge in [0.2, 0.25) is 0 Å². The van der Waals surface area contributed by atoms with Crippen molar-refractivity contribution >= 4 is 23.7 Å². The van der Waals surface area contributed by atoms with Gasteiger partial charge in [0, 0.05) is 5.56 Å². The Hall–Kier alpha value is -2.92. The van der Waals surface area contributed by atoms with Crippen molar-refractivity contribution in [3.63, 3.8) is 0 Å². The summed E-state index contributed by atoms with van der Waals surface area (Å²) in [5, 5.41) is 11.3. The van der Waals surface area contributed by atoms with Crippen molar-refractivity contribution in [2.45, 2.75) is 0 Å². The van der Waals surface area contributed by atoms with E-state index in [1.165, 1.54) is 0 Å². The first-order chi connectivity index (χ1) is 11.2. The van der Waals surface area contributed by atoms with Crippen LogP contribution < -0.4 is 5.43 Å². The molecule has 1 aromatic heterocycles. The number of nitrogens with zero attached hydrogens (tertiary/aromatic N) is 2. The lowest BCUT2D eigenvalue weighted by molar-refractivity contribution is 0.0950. The summed E-state index contributed by atoms with van der Waals surface area (Å²) in [5.74, 6) is -0.372. The minimum atomic E-state index is -0.372. The van der Waals surface area contributed by atoms with Crippen LogP contribution in [0.2, 0.25) is 5.02 Å². The van der Waals surface area contributed by atoms with Crippen LogP contribution in [0.4, 0.5) is 0 Å². The number of H-pyrrole nitrogens is 1. The molecule has 0 aliphatic rings. The van der Waals surface area contributed by atoms with E-state index in [1.807, 2.05) is 48.5 Å². The zero-order chi connectivity index (χ0) is 16.1. The predicted octanol–water partition coefficient (Wildman–Crippen LogP) is 3.49. The van der Waals surface area contributed by atoms with E-state index in [9.17, 15) is 4.79 Å². The number of aromatic amines is 1. The zero-order valence-electron chi connectivity index (χ0n) is 12.0. The van der Waals surface area contributed by atoms with Crippen molar-refractivity contribution in [3.8, 4) is 11.3 Å². The molecule has 5 nitrogen and oxygen atoms in total. The van der Waals surface area contributed by atoms with Crippen LogP contribution in [-0.2, 0) is 0 Å². The molecule has 114 valence electrons. The number of hydrazone groups is 1. The van der Waals surface area contributed by atoms with E-state index in [0.29, 0.717) is 16.4 Å². The van der Waals surface area contributed by atoms with Crippen LogP contribution in [0, 0.1) is 0 Å². The Labute approximate surface area is 138 Å². The number of hydrogen-bond acceptors (Lipinski definition) is 3. The highest BCUT2D eigenvalue weighted by molar-refractivity contribution is 6.33. The van der Waals surface area contributed by atoms with Crippen LogP contribution in [-0.4, -0.2) is 22.3 Å². The van der Waals surface area contributed by atoms with Crippen molar-refractivity contribution in [3.05, 3.63) is 76.9 Å². The largest absolute Gasteiger partial charge is 0.289 e. The van der Waals surface area contributed by atoms with Crippen LogP contribution in [0.25, 0.3) is 11.3 Å². The quantitative estimate of drug-likeness (QED) is 0.569. The predicted molar refractivity (Wildman–Crippen MR) is 90.5 cm³/mol. The van der Waals surface area contributed by atoms with Gasteiger partial charge in [-0.3, -0.25) is 9.89 Å². The summed E-state index contributed by atoms with van der Waals surface area (Å²) in [6, 6.07) is 18.4. The molecule has 23 heavy (non-hydrogen) atoms. The van der Waals surface area contributed by atoms with Gasteiger partial charge in [-0.25, -0.2) is 5.43 Å². The molecule has 0 unspecified atom stereocenters. The number of hydrogen-bond donors (Lipinski definition) is 2. The Morgan fingerprint density at radius 1 is 1.13 bits per heavy atom. The number of carbonyl (C=O) groups is 1. The highest BCUT2D eigenvalue weighted by atomic mass is 35.5. The van der Waals surface area contributed by atoms with Gasteiger partial charge in [-0.05, 0) is 17.7 Å². The Kier molecular flexibility index (Phi) is 4.49. The fourth-order valence-corrected chi connectivity index (χ4v) is 2.24. The summed E-state index contributed by atoms with van der Waals surface area (Å²) in [5.41, 5.74) is 5.03. The smallest absolute Gasteiger partial charge is 0.272 e. The summed E-state index contributed by atoms with van der Waals surface area (Å²) in [6.07, 6.45) is 1.57. The van der Waals surface area contributed by atoms with Crippen molar-refractivity contribution in [2.75, 3.05) is 0 Å². The van der Waals surface area contributed by atoms with Gasteiger partial charge in [-0.2, -0.15) is 10.2 Å². The molecule has 0 fully saturated rings. The third-order valence-corrected chi connectivity index (χ3v) is 3.48. The molecule has 0 radical (unpaired) electrons. The number of aromatic nitrogens is 2. The van der Waals surface area contributed by atoms with Gasteiger partial charge in [0.15, 0.2) is 0 Å². The number of rotatable bonds is 4. The van der Waals surface area contributed by atoms with Gasteiger partial charge in [0.05, 0.1) is 16.9 Å². The molecular weight excluding hydrogens is 312 g/mol. The Bertz CT molecular complexity index is 843. The van der Waals surface area contributed by atoms with Gasteiger partial charge >= 0.3 is 0 Å². The van der Waals surface area contributed by atoms with E-state index in [2.05, 4.69) is 20.7 Å². The fourth-order valence-electron chi connectivity index (χ4n) is 2.01. The highest BCUT2D eigenvalue weighted by Crippen LogP contribution is 2.26. The average Bonchev–Trinajstić information content (AvgIpc) is 3.06. The summed E-state index contributed by atoms with van der Waals surface area (Å²) in [7, 11) is 0. The third kappa shape index (κ3) is 3.64. The number of halogens is 1. The molecule has 0 spiro atoms. The van der Waals surface area contributed by atoms with E-state index < -0.39 is 0 Å². The molecule has 1 amide bonds. The highest BCUT2D eigenvalue weighted by Gasteiger charge is 2.11. The Balaban J connectivity index is 1.70. The first-order valence-electron chi connectivity index (χ1n) is 6.93. The minimum Gasteiger partial charge on any atom is -0.272 e. The lowest BCUT2D eigenvalue weighted by Crippen LogP contribution is -2.17. The normalized spacial score (nSPS) is 10.8. The molecular formula is C17H13ClN4O. The topological polar surface area (TPSA) is 70.1 Å². The lowest BCUT2D eigenvalue weighted by atomic mass is 10.1. The molecule has 2 N–H and O–H groups in total. The second-order valence-corrected chi connectivity index (χ2v) is 5.16. The van der Waals surface area contributed by atoms with Gasteiger partial charge < -0.3 is 0 Å². The summed E-state index contributed by atoms with van der Waals surface area (Å²) < 4.78 is 0. The van der Waals surface area contributed by atoms with Crippen LogP contribution in [0.5, 0.6) is 0 Å². The van der Waals surface area contributed by atoms with E-state index in [-0.39, 0.29) is 5.91 Å². The molecule has 0 aliphatic carbocycles. The van der Waals surface area contributed by atoms with Crippen LogP contribution in [0.3, 0.4) is 0 Å². The zero-order valence-corrected chi connectivity index (χ0v) is 12.8. The van der Waals surface area contributed by atoms with Crippen molar-refractivity contribution in [2.24, 2.45) is 5.10 Å². The second kappa shape index (κ2) is 6.89. The van der Waals surface area contributed by atoms with Crippen molar-refractivity contribution in [1.29, 1.82) is 0 Å².